The molecule has 2 aromatic carbocycles. The molecule has 1 amide bonds. The topological polar surface area (TPSA) is 86.1 Å². The van der Waals surface area contributed by atoms with Gasteiger partial charge in [-0.3, -0.25) is 9.59 Å². The molecule has 1 atom stereocenters. The van der Waals surface area contributed by atoms with Crippen LogP contribution < -0.4 is 15.6 Å². The summed E-state index contributed by atoms with van der Waals surface area (Å²) >= 11 is 0. The van der Waals surface area contributed by atoms with Crippen LogP contribution in [0.5, 0.6) is 5.75 Å². The Labute approximate surface area is 156 Å². The third-order valence-electron chi connectivity index (χ3n) is 3.93. The lowest BCUT2D eigenvalue weighted by molar-refractivity contribution is -0.274. The first-order chi connectivity index (χ1) is 13.3. The van der Waals surface area contributed by atoms with E-state index in [9.17, 15) is 22.8 Å². The van der Waals surface area contributed by atoms with Crippen molar-refractivity contribution in [3.05, 3.63) is 58.9 Å². The molecule has 0 aliphatic heterocycles. The highest BCUT2D eigenvalue weighted by Gasteiger charge is 2.31. The molecule has 7 nitrogen and oxygen atoms in total. The summed E-state index contributed by atoms with van der Waals surface area (Å²) in [5.41, 5.74) is 0.209. The van der Waals surface area contributed by atoms with Crippen LogP contribution in [0.4, 0.5) is 18.9 Å². The smallest absolute Gasteiger partial charge is 0.406 e. The maximum atomic E-state index is 12.6. The highest BCUT2D eigenvalue weighted by Crippen LogP contribution is 2.24. The predicted octanol–water partition coefficient (Wildman–Crippen LogP) is 3.28. The van der Waals surface area contributed by atoms with E-state index in [4.69, 9.17) is 0 Å². The van der Waals surface area contributed by atoms with Gasteiger partial charge in [-0.25, -0.2) is 0 Å². The van der Waals surface area contributed by atoms with Gasteiger partial charge in [0, 0.05) is 5.69 Å². The summed E-state index contributed by atoms with van der Waals surface area (Å²) in [5.74, 6) is -0.951. The Morgan fingerprint density at radius 3 is 2.50 bits per heavy atom. The van der Waals surface area contributed by atoms with Crippen LogP contribution in [0.15, 0.2) is 53.3 Å². The largest absolute Gasteiger partial charge is 0.573 e. The van der Waals surface area contributed by atoms with Crippen LogP contribution in [0.1, 0.15) is 19.4 Å². The number of alkyl halides is 3. The normalized spacial score (nSPS) is 12.6. The van der Waals surface area contributed by atoms with Crippen molar-refractivity contribution in [2.75, 3.05) is 5.32 Å². The average molecular weight is 392 g/mol. The van der Waals surface area contributed by atoms with Gasteiger partial charge in [-0.15, -0.1) is 18.3 Å². The standard InChI is InChI=1S/C18H15F3N4O3/c1-2-15(25-17(27)13-5-3-4-6-14(13)23-24-25)16(26)22-11-7-9-12(10-8-11)28-18(19,20)21/h3-10,15H,2H2,1H3,(H,22,26)/t15-/m0/s1. The fourth-order valence-corrected chi connectivity index (χ4v) is 2.64. The highest BCUT2D eigenvalue weighted by atomic mass is 19.4. The minimum atomic E-state index is -4.80. The van der Waals surface area contributed by atoms with Crippen molar-refractivity contribution in [1.82, 2.24) is 15.0 Å². The van der Waals surface area contributed by atoms with Gasteiger partial charge < -0.3 is 10.1 Å². The maximum Gasteiger partial charge on any atom is 0.573 e. The number of benzene rings is 2. The van der Waals surface area contributed by atoms with E-state index < -0.39 is 29.6 Å². The van der Waals surface area contributed by atoms with E-state index >= 15 is 0 Å². The summed E-state index contributed by atoms with van der Waals surface area (Å²) in [7, 11) is 0. The van der Waals surface area contributed by atoms with Gasteiger partial charge in [0.1, 0.15) is 17.3 Å². The third kappa shape index (κ3) is 4.27. The SMILES string of the molecule is CC[C@@H](C(=O)Nc1ccc(OC(F)(F)F)cc1)n1nnc2ccccc2c1=O. The molecular formula is C18H15F3N4O3. The quantitative estimate of drug-likeness (QED) is 0.720. The fraction of sp³-hybridized carbons (Fsp3) is 0.222. The van der Waals surface area contributed by atoms with Crippen molar-refractivity contribution >= 4 is 22.5 Å². The van der Waals surface area contributed by atoms with Gasteiger partial charge in [0.15, 0.2) is 0 Å². The number of fused-ring (bicyclic) bond motifs is 1. The second-order valence-electron chi connectivity index (χ2n) is 5.84. The summed E-state index contributed by atoms with van der Waals surface area (Å²) in [5, 5.41) is 10.7. The van der Waals surface area contributed by atoms with Gasteiger partial charge in [-0.2, -0.15) is 4.68 Å². The van der Waals surface area contributed by atoms with Gasteiger partial charge in [0.05, 0.1) is 5.39 Å². The van der Waals surface area contributed by atoms with Crippen LogP contribution in [0.25, 0.3) is 10.9 Å². The number of carbonyl (C=O) groups is 1. The molecule has 0 aliphatic rings. The number of hydrogen-bond acceptors (Lipinski definition) is 5. The molecule has 0 fully saturated rings. The zero-order valence-electron chi connectivity index (χ0n) is 14.6. The van der Waals surface area contributed by atoms with E-state index in [0.717, 1.165) is 16.8 Å². The number of ether oxygens (including phenoxy) is 1. The van der Waals surface area contributed by atoms with Gasteiger partial charge in [-0.1, -0.05) is 24.3 Å². The van der Waals surface area contributed by atoms with Crippen LogP contribution in [-0.4, -0.2) is 27.3 Å². The lowest BCUT2D eigenvalue weighted by atomic mass is 10.2. The minimum absolute atomic E-state index is 0.250. The Morgan fingerprint density at radius 1 is 1.18 bits per heavy atom. The molecule has 3 rings (SSSR count). The van der Waals surface area contributed by atoms with Gasteiger partial charge >= 0.3 is 6.36 Å². The van der Waals surface area contributed by atoms with Gasteiger partial charge in [0.25, 0.3) is 5.56 Å². The summed E-state index contributed by atoms with van der Waals surface area (Å²) in [6.45, 7) is 1.70. The molecule has 0 radical (unpaired) electrons. The Morgan fingerprint density at radius 2 is 1.86 bits per heavy atom. The molecule has 0 saturated heterocycles. The average Bonchev–Trinajstić information content (AvgIpc) is 2.65. The lowest BCUT2D eigenvalue weighted by Crippen LogP contribution is -2.35. The lowest BCUT2D eigenvalue weighted by Gasteiger charge is -2.16. The molecule has 1 N–H and O–H groups in total. The Balaban J connectivity index is 1.81. The summed E-state index contributed by atoms with van der Waals surface area (Å²) < 4.78 is 41.4. The highest BCUT2D eigenvalue weighted by molar-refractivity contribution is 5.93. The molecule has 1 heterocycles. The van der Waals surface area contributed by atoms with Crippen molar-refractivity contribution in [3.63, 3.8) is 0 Å². The number of aromatic nitrogens is 3. The molecule has 0 spiro atoms. The number of halogens is 3. The fourth-order valence-electron chi connectivity index (χ4n) is 2.64. The molecule has 10 heteroatoms. The number of nitrogens with one attached hydrogen (secondary N) is 1. The van der Waals surface area contributed by atoms with Crippen molar-refractivity contribution < 1.29 is 22.7 Å². The van der Waals surface area contributed by atoms with Gasteiger partial charge in [0.2, 0.25) is 5.91 Å². The second kappa shape index (κ2) is 7.67. The predicted molar refractivity (Wildman–Crippen MR) is 94.9 cm³/mol. The summed E-state index contributed by atoms with van der Waals surface area (Å²) in [6.07, 6.45) is -4.54. The van der Waals surface area contributed by atoms with Crippen LogP contribution in [0, 0.1) is 0 Å². The first-order valence-electron chi connectivity index (χ1n) is 8.29. The van der Waals surface area contributed by atoms with E-state index in [1.807, 2.05) is 0 Å². The maximum absolute atomic E-state index is 12.6. The Kier molecular flexibility index (Phi) is 5.30. The van der Waals surface area contributed by atoms with Gasteiger partial charge in [-0.05, 0) is 42.8 Å². The first-order valence-corrected chi connectivity index (χ1v) is 8.29. The van der Waals surface area contributed by atoms with Crippen LogP contribution in [0.2, 0.25) is 0 Å². The molecule has 28 heavy (non-hydrogen) atoms. The molecule has 0 bridgehead atoms. The number of rotatable bonds is 5. The van der Waals surface area contributed by atoms with Crippen LogP contribution in [-0.2, 0) is 4.79 Å². The number of hydrogen-bond donors (Lipinski definition) is 1. The molecule has 0 aliphatic carbocycles. The second-order valence-corrected chi connectivity index (χ2v) is 5.84. The Hall–Kier alpha value is -3.43. The molecular weight excluding hydrogens is 377 g/mol. The molecule has 0 saturated carbocycles. The van der Waals surface area contributed by atoms with Crippen molar-refractivity contribution in [2.45, 2.75) is 25.7 Å². The summed E-state index contributed by atoms with van der Waals surface area (Å²) in [4.78, 5) is 25.2. The molecule has 0 unspecified atom stereocenters. The van der Waals surface area contributed by atoms with E-state index in [0.29, 0.717) is 10.9 Å². The Bertz CT molecular complexity index is 1050. The molecule has 3 aromatic rings. The van der Waals surface area contributed by atoms with Crippen molar-refractivity contribution in [3.8, 4) is 5.75 Å². The number of carbonyl (C=O) groups excluding carboxylic acids is 1. The number of anilines is 1. The van der Waals surface area contributed by atoms with E-state index in [2.05, 4.69) is 20.4 Å². The van der Waals surface area contributed by atoms with Crippen molar-refractivity contribution in [2.24, 2.45) is 0 Å². The van der Waals surface area contributed by atoms with Crippen LogP contribution >= 0.6 is 0 Å². The zero-order valence-corrected chi connectivity index (χ0v) is 14.6. The number of amides is 1. The third-order valence-corrected chi connectivity index (χ3v) is 3.93. The monoisotopic (exact) mass is 392 g/mol. The van der Waals surface area contributed by atoms with E-state index in [1.165, 1.54) is 12.1 Å². The van der Waals surface area contributed by atoms with Crippen molar-refractivity contribution in [1.29, 1.82) is 0 Å². The molecule has 1 aromatic heterocycles. The van der Waals surface area contributed by atoms with E-state index in [1.54, 1.807) is 31.2 Å². The summed E-state index contributed by atoms with van der Waals surface area (Å²) in [6, 6.07) is 10.4. The number of nitrogens with zero attached hydrogens (tertiary/aromatic N) is 3. The minimum Gasteiger partial charge on any atom is -0.406 e. The zero-order chi connectivity index (χ0) is 20.3. The first kappa shape index (κ1) is 19.3. The van der Waals surface area contributed by atoms with E-state index in [-0.39, 0.29) is 12.1 Å². The molecule has 146 valence electrons. The van der Waals surface area contributed by atoms with Crippen LogP contribution in [0.3, 0.4) is 0 Å².